The zero-order valence-electron chi connectivity index (χ0n) is 9.68. The molecule has 1 unspecified atom stereocenters. The van der Waals surface area contributed by atoms with E-state index >= 15 is 0 Å². The van der Waals surface area contributed by atoms with Crippen LogP contribution in [0.1, 0.15) is 11.6 Å². The van der Waals surface area contributed by atoms with Crippen LogP contribution in [-0.2, 0) is 0 Å². The van der Waals surface area contributed by atoms with Gasteiger partial charge >= 0.3 is 0 Å². The van der Waals surface area contributed by atoms with E-state index < -0.39 is 0 Å². The normalized spacial score (nSPS) is 12.1. The summed E-state index contributed by atoms with van der Waals surface area (Å²) in [5.74, 6) is 0.173. The summed E-state index contributed by atoms with van der Waals surface area (Å²) >= 11 is 6.05. The largest absolute Gasteiger partial charge is 0.508 e. The lowest BCUT2D eigenvalue weighted by molar-refractivity contribution is 0.276. The van der Waals surface area contributed by atoms with Gasteiger partial charge in [0.15, 0.2) is 0 Å². The molecule has 2 aromatic carbocycles. The van der Waals surface area contributed by atoms with Gasteiger partial charge in [0, 0.05) is 0 Å². The molecule has 1 atom stereocenters. The first-order valence-corrected chi connectivity index (χ1v) is 5.99. The Kier molecular flexibility index (Phi) is 4.07. The number of hydrogen-bond acceptors (Lipinski definition) is 3. The van der Waals surface area contributed by atoms with Crippen LogP contribution in [-0.4, -0.2) is 16.8 Å². The quantitative estimate of drug-likeness (QED) is 0.794. The zero-order chi connectivity index (χ0) is 13.0. The van der Waals surface area contributed by atoms with Crippen molar-refractivity contribution in [3.05, 3.63) is 59.1 Å². The summed E-state index contributed by atoms with van der Waals surface area (Å²) in [6, 6.07) is 13.8. The molecular formula is C14H14ClNO2. The smallest absolute Gasteiger partial charge is 0.115 e. The Hall–Kier alpha value is -1.71. The van der Waals surface area contributed by atoms with E-state index in [2.05, 4.69) is 5.32 Å². The van der Waals surface area contributed by atoms with Crippen LogP contribution in [0.15, 0.2) is 48.5 Å². The molecule has 4 heteroatoms. The van der Waals surface area contributed by atoms with Gasteiger partial charge in [-0.1, -0.05) is 35.9 Å². The molecule has 0 radical (unpaired) electrons. The van der Waals surface area contributed by atoms with Crippen molar-refractivity contribution in [3.8, 4) is 5.75 Å². The molecule has 0 heterocycles. The topological polar surface area (TPSA) is 52.5 Å². The first kappa shape index (κ1) is 12.7. The van der Waals surface area contributed by atoms with Crippen molar-refractivity contribution in [3.63, 3.8) is 0 Å². The first-order valence-electron chi connectivity index (χ1n) is 5.61. The molecule has 0 bridgehead atoms. The fraction of sp³-hybridized carbons (Fsp3) is 0.143. The Bertz CT molecular complexity index is 531. The number of aromatic hydroxyl groups is 1. The molecule has 0 aliphatic heterocycles. The molecule has 0 fully saturated rings. The number of benzene rings is 2. The van der Waals surface area contributed by atoms with Crippen molar-refractivity contribution >= 4 is 17.3 Å². The predicted octanol–water partition coefficient (Wildman–Crippen LogP) is 3.19. The van der Waals surface area contributed by atoms with E-state index in [1.165, 1.54) is 0 Å². The number of halogens is 1. The molecule has 0 amide bonds. The van der Waals surface area contributed by atoms with Gasteiger partial charge in [0.05, 0.1) is 23.4 Å². The molecule has 94 valence electrons. The lowest BCUT2D eigenvalue weighted by Gasteiger charge is -2.19. The van der Waals surface area contributed by atoms with E-state index in [1.54, 1.807) is 24.3 Å². The molecule has 2 rings (SSSR count). The maximum absolute atomic E-state index is 9.44. The van der Waals surface area contributed by atoms with E-state index in [0.29, 0.717) is 5.02 Å². The second-order valence-electron chi connectivity index (χ2n) is 3.95. The second kappa shape index (κ2) is 5.76. The number of nitrogens with one attached hydrogen (secondary N) is 1. The van der Waals surface area contributed by atoms with Crippen LogP contribution in [0.4, 0.5) is 5.69 Å². The highest BCUT2D eigenvalue weighted by molar-refractivity contribution is 6.33. The summed E-state index contributed by atoms with van der Waals surface area (Å²) in [6.07, 6.45) is 0. The van der Waals surface area contributed by atoms with Crippen molar-refractivity contribution in [2.45, 2.75) is 6.04 Å². The van der Waals surface area contributed by atoms with Crippen molar-refractivity contribution < 1.29 is 10.2 Å². The Morgan fingerprint density at radius 3 is 2.56 bits per heavy atom. The van der Waals surface area contributed by atoms with Gasteiger partial charge in [-0.25, -0.2) is 0 Å². The Morgan fingerprint density at radius 1 is 1.11 bits per heavy atom. The highest BCUT2D eigenvalue weighted by atomic mass is 35.5. The zero-order valence-corrected chi connectivity index (χ0v) is 10.4. The van der Waals surface area contributed by atoms with E-state index in [9.17, 15) is 10.2 Å². The molecule has 0 saturated heterocycles. The maximum atomic E-state index is 9.44. The van der Waals surface area contributed by atoms with Crippen LogP contribution in [0.2, 0.25) is 5.02 Å². The molecule has 3 nitrogen and oxygen atoms in total. The SMILES string of the molecule is OCC(Nc1ccccc1Cl)c1cccc(O)c1. The van der Waals surface area contributed by atoms with Gasteiger partial charge in [0.2, 0.25) is 0 Å². The molecule has 18 heavy (non-hydrogen) atoms. The molecular weight excluding hydrogens is 250 g/mol. The number of phenols is 1. The lowest BCUT2D eigenvalue weighted by Crippen LogP contribution is -2.14. The number of anilines is 1. The van der Waals surface area contributed by atoms with Crippen LogP contribution in [0.5, 0.6) is 5.75 Å². The highest BCUT2D eigenvalue weighted by Crippen LogP contribution is 2.26. The second-order valence-corrected chi connectivity index (χ2v) is 4.36. The summed E-state index contributed by atoms with van der Waals surface area (Å²) in [7, 11) is 0. The number of aliphatic hydroxyl groups excluding tert-OH is 1. The van der Waals surface area contributed by atoms with E-state index in [1.807, 2.05) is 24.3 Å². The van der Waals surface area contributed by atoms with Gasteiger partial charge in [0.1, 0.15) is 5.75 Å². The third-order valence-corrected chi connectivity index (χ3v) is 2.99. The Labute approximate surface area is 111 Å². The fourth-order valence-electron chi connectivity index (χ4n) is 1.74. The Balaban J connectivity index is 2.23. The van der Waals surface area contributed by atoms with Crippen LogP contribution in [0.3, 0.4) is 0 Å². The number of para-hydroxylation sites is 1. The van der Waals surface area contributed by atoms with Gasteiger partial charge in [0.25, 0.3) is 0 Å². The van der Waals surface area contributed by atoms with Crippen molar-refractivity contribution in [2.75, 3.05) is 11.9 Å². The van der Waals surface area contributed by atoms with Crippen molar-refractivity contribution in [2.24, 2.45) is 0 Å². The first-order chi connectivity index (χ1) is 8.70. The molecule has 2 aromatic rings. The molecule has 0 aliphatic carbocycles. The molecule has 0 aliphatic rings. The average Bonchev–Trinajstić information content (AvgIpc) is 2.38. The number of hydrogen-bond donors (Lipinski definition) is 3. The minimum Gasteiger partial charge on any atom is -0.508 e. The maximum Gasteiger partial charge on any atom is 0.115 e. The fourth-order valence-corrected chi connectivity index (χ4v) is 1.93. The van der Waals surface area contributed by atoms with Crippen LogP contribution in [0.25, 0.3) is 0 Å². The number of rotatable bonds is 4. The lowest BCUT2D eigenvalue weighted by atomic mass is 10.1. The van der Waals surface area contributed by atoms with E-state index in [4.69, 9.17) is 11.6 Å². The highest BCUT2D eigenvalue weighted by Gasteiger charge is 2.11. The van der Waals surface area contributed by atoms with E-state index in [-0.39, 0.29) is 18.4 Å². The summed E-state index contributed by atoms with van der Waals surface area (Å²) in [5, 5.41) is 22.6. The summed E-state index contributed by atoms with van der Waals surface area (Å²) in [4.78, 5) is 0. The monoisotopic (exact) mass is 263 g/mol. The Morgan fingerprint density at radius 2 is 1.89 bits per heavy atom. The molecule has 0 saturated carbocycles. The summed E-state index contributed by atoms with van der Waals surface area (Å²) in [5.41, 5.74) is 1.55. The average molecular weight is 264 g/mol. The third kappa shape index (κ3) is 2.94. The predicted molar refractivity (Wildman–Crippen MR) is 73.0 cm³/mol. The molecule has 0 aromatic heterocycles. The molecule has 3 N–H and O–H groups in total. The standard InChI is InChI=1S/C14H14ClNO2/c15-12-6-1-2-7-13(12)16-14(9-17)10-4-3-5-11(18)8-10/h1-8,14,16-18H,9H2. The van der Waals surface area contributed by atoms with Crippen LogP contribution >= 0.6 is 11.6 Å². The minimum absolute atomic E-state index is 0.0886. The van der Waals surface area contributed by atoms with Crippen molar-refractivity contribution in [1.82, 2.24) is 0 Å². The van der Waals surface area contributed by atoms with Gasteiger partial charge in [-0.3, -0.25) is 0 Å². The molecule has 0 spiro atoms. The minimum atomic E-state index is -0.308. The van der Waals surface area contributed by atoms with Crippen LogP contribution in [0, 0.1) is 0 Å². The van der Waals surface area contributed by atoms with Gasteiger partial charge in [-0.05, 0) is 29.8 Å². The van der Waals surface area contributed by atoms with Gasteiger partial charge in [-0.2, -0.15) is 0 Å². The van der Waals surface area contributed by atoms with Gasteiger partial charge in [-0.15, -0.1) is 0 Å². The van der Waals surface area contributed by atoms with Crippen LogP contribution < -0.4 is 5.32 Å². The summed E-state index contributed by atoms with van der Waals surface area (Å²) < 4.78 is 0. The van der Waals surface area contributed by atoms with Gasteiger partial charge < -0.3 is 15.5 Å². The third-order valence-electron chi connectivity index (χ3n) is 2.66. The van der Waals surface area contributed by atoms with E-state index in [0.717, 1.165) is 11.3 Å². The summed E-state index contributed by atoms with van der Waals surface area (Å²) in [6.45, 7) is -0.0886. The number of phenolic OH excluding ortho intramolecular Hbond substituents is 1. The van der Waals surface area contributed by atoms with Crippen molar-refractivity contribution in [1.29, 1.82) is 0 Å². The number of aliphatic hydroxyl groups is 1.